The summed E-state index contributed by atoms with van der Waals surface area (Å²) in [7, 11) is 0. The molecule has 1 aromatic carbocycles. The Bertz CT molecular complexity index is 837. The number of nitrogens with one attached hydrogen (secondary N) is 1. The number of carbonyl (C=O) groups excluding carboxylic acids is 1. The van der Waals surface area contributed by atoms with E-state index in [1.54, 1.807) is 0 Å². The Labute approximate surface area is 191 Å². The Hall–Kier alpha value is -1.81. The van der Waals surface area contributed by atoms with Crippen LogP contribution in [0.15, 0.2) is 40.5 Å². The average molecular weight is 442 g/mol. The van der Waals surface area contributed by atoms with Gasteiger partial charge in [-0.1, -0.05) is 49.4 Å². The highest BCUT2D eigenvalue weighted by Gasteiger charge is 2.29. The molecule has 0 aromatic heterocycles. The molecule has 1 unspecified atom stereocenters. The summed E-state index contributed by atoms with van der Waals surface area (Å²) in [4.78, 5) is 18.3. The predicted molar refractivity (Wildman–Crippen MR) is 128 cm³/mol. The van der Waals surface area contributed by atoms with Crippen LogP contribution in [-0.2, 0) is 11.2 Å². The molecule has 3 aliphatic rings. The molecule has 3 fully saturated rings. The molecule has 0 saturated heterocycles. The van der Waals surface area contributed by atoms with E-state index in [9.17, 15) is 4.79 Å². The fourth-order valence-corrected chi connectivity index (χ4v) is 5.38. The minimum Gasteiger partial charge on any atom is -0.394 e. The number of amides is 1. The number of benzene rings is 1. The first-order valence-corrected chi connectivity index (χ1v) is 12.6. The Morgan fingerprint density at radius 3 is 2.52 bits per heavy atom. The van der Waals surface area contributed by atoms with E-state index in [0.29, 0.717) is 17.8 Å². The first-order valence-electron chi connectivity index (χ1n) is 12.2. The van der Waals surface area contributed by atoms with Gasteiger partial charge in [0.1, 0.15) is 5.70 Å². The van der Waals surface area contributed by atoms with Crippen LogP contribution in [0.1, 0.15) is 82.6 Å². The zero-order chi connectivity index (χ0) is 21.6. The standard InChI is InChI=1S/C26H36ClN3O/c27-20-10-6-8-18(17-20)16-19-9-4-5-15-23(24(28)26(31)30-22-13-7-14-22)25(19)29-21-11-2-1-3-12-21/h6,8,10,17,19,21-22H,1-5,7,9,11-16,28H2,(H,30,31)/b24-23-,29-25?. The highest BCUT2D eigenvalue weighted by Crippen LogP contribution is 2.32. The second kappa shape index (κ2) is 10.7. The first-order chi connectivity index (χ1) is 15.1. The molecule has 3 N–H and O–H groups in total. The van der Waals surface area contributed by atoms with Crippen LogP contribution in [0.25, 0.3) is 0 Å². The molecule has 4 nitrogen and oxygen atoms in total. The molecule has 1 aromatic rings. The second-order valence-corrected chi connectivity index (χ2v) is 10.0. The lowest BCUT2D eigenvalue weighted by Crippen LogP contribution is -2.42. The molecule has 0 bridgehead atoms. The lowest BCUT2D eigenvalue weighted by molar-refractivity contribution is -0.118. The molecule has 1 amide bonds. The maximum Gasteiger partial charge on any atom is 0.267 e. The smallest absolute Gasteiger partial charge is 0.267 e. The predicted octanol–water partition coefficient (Wildman–Crippen LogP) is 5.73. The van der Waals surface area contributed by atoms with Crippen molar-refractivity contribution in [3.63, 3.8) is 0 Å². The van der Waals surface area contributed by atoms with Crippen molar-refractivity contribution in [2.45, 2.75) is 95.6 Å². The quantitative estimate of drug-likeness (QED) is 0.452. The largest absolute Gasteiger partial charge is 0.394 e. The number of hydrogen-bond donors (Lipinski definition) is 2. The maximum absolute atomic E-state index is 12.9. The number of nitrogens with zero attached hydrogens (tertiary/aromatic N) is 1. The molecule has 3 aliphatic carbocycles. The van der Waals surface area contributed by atoms with Gasteiger partial charge < -0.3 is 11.1 Å². The van der Waals surface area contributed by atoms with Crippen LogP contribution >= 0.6 is 11.6 Å². The van der Waals surface area contributed by atoms with Crippen molar-refractivity contribution < 1.29 is 4.79 Å². The summed E-state index contributed by atoms with van der Waals surface area (Å²) >= 11 is 6.26. The summed E-state index contributed by atoms with van der Waals surface area (Å²) in [6.07, 6.45) is 14.4. The van der Waals surface area contributed by atoms with Gasteiger partial charge in [-0.25, -0.2) is 0 Å². The minimum absolute atomic E-state index is 0.0977. The third-order valence-corrected chi connectivity index (χ3v) is 7.44. The summed E-state index contributed by atoms with van der Waals surface area (Å²) < 4.78 is 0. The molecule has 3 saturated carbocycles. The van der Waals surface area contributed by atoms with E-state index < -0.39 is 0 Å². The van der Waals surface area contributed by atoms with Crippen LogP contribution in [-0.4, -0.2) is 23.7 Å². The molecule has 31 heavy (non-hydrogen) atoms. The van der Waals surface area contributed by atoms with Gasteiger partial charge in [0.05, 0.1) is 6.04 Å². The molecule has 0 spiro atoms. The molecule has 0 heterocycles. The summed E-state index contributed by atoms with van der Waals surface area (Å²) in [5.74, 6) is 0.187. The van der Waals surface area contributed by atoms with Gasteiger partial charge in [0, 0.05) is 28.3 Å². The number of carbonyl (C=O) groups is 1. The summed E-state index contributed by atoms with van der Waals surface area (Å²) in [5, 5.41) is 3.91. The van der Waals surface area contributed by atoms with Crippen LogP contribution in [0.4, 0.5) is 0 Å². The van der Waals surface area contributed by atoms with Crippen molar-refractivity contribution in [3.05, 3.63) is 46.1 Å². The van der Waals surface area contributed by atoms with Gasteiger partial charge >= 0.3 is 0 Å². The molecule has 168 valence electrons. The van der Waals surface area contributed by atoms with Gasteiger partial charge in [0.2, 0.25) is 0 Å². The third kappa shape index (κ3) is 5.91. The van der Waals surface area contributed by atoms with E-state index in [1.165, 1.54) is 31.2 Å². The van der Waals surface area contributed by atoms with E-state index in [2.05, 4.69) is 17.4 Å². The van der Waals surface area contributed by atoms with Crippen LogP contribution < -0.4 is 11.1 Å². The number of allylic oxidation sites excluding steroid dienone is 1. The number of rotatable bonds is 5. The maximum atomic E-state index is 12.9. The van der Waals surface area contributed by atoms with E-state index >= 15 is 0 Å². The summed E-state index contributed by atoms with van der Waals surface area (Å²) in [5.41, 5.74) is 10.3. The zero-order valence-electron chi connectivity index (χ0n) is 18.5. The van der Waals surface area contributed by atoms with Crippen LogP contribution in [0.5, 0.6) is 0 Å². The number of nitrogens with two attached hydrogens (primary N) is 1. The Kier molecular flexibility index (Phi) is 7.71. The van der Waals surface area contributed by atoms with Gasteiger partial charge in [0.15, 0.2) is 0 Å². The highest BCUT2D eigenvalue weighted by atomic mass is 35.5. The number of halogens is 1. The molecule has 4 rings (SSSR count). The molecule has 5 heteroatoms. The van der Waals surface area contributed by atoms with E-state index in [-0.39, 0.29) is 11.8 Å². The normalized spacial score (nSPS) is 26.2. The lowest BCUT2D eigenvalue weighted by atomic mass is 9.86. The fraction of sp³-hybridized carbons (Fsp3) is 0.615. The van der Waals surface area contributed by atoms with Crippen molar-refractivity contribution in [2.24, 2.45) is 16.6 Å². The van der Waals surface area contributed by atoms with Crippen LogP contribution in [0, 0.1) is 5.92 Å². The Morgan fingerprint density at radius 1 is 1.03 bits per heavy atom. The van der Waals surface area contributed by atoms with Crippen molar-refractivity contribution in [1.29, 1.82) is 0 Å². The second-order valence-electron chi connectivity index (χ2n) is 9.58. The van der Waals surface area contributed by atoms with Gasteiger partial charge in [0.25, 0.3) is 5.91 Å². The van der Waals surface area contributed by atoms with Crippen molar-refractivity contribution in [3.8, 4) is 0 Å². The highest BCUT2D eigenvalue weighted by molar-refractivity contribution is 6.30. The molecule has 0 aliphatic heterocycles. The summed E-state index contributed by atoms with van der Waals surface area (Å²) in [6, 6.07) is 8.79. The van der Waals surface area contributed by atoms with E-state index in [4.69, 9.17) is 22.3 Å². The lowest BCUT2D eigenvalue weighted by Gasteiger charge is -2.28. The monoisotopic (exact) mass is 441 g/mol. The minimum atomic E-state index is -0.0977. The fourth-order valence-electron chi connectivity index (χ4n) is 5.17. The van der Waals surface area contributed by atoms with E-state index in [0.717, 1.165) is 74.1 Å². The first kappa shape index (κ1) is 22.4. The van der Waals surface area contributed by atoms with Gasteiger partial charge in [-0.3, -0.25) is 9.79 Å². The average Bonchev–Trinajstić information content (AvgIpc) is 2.93. The Morgan fingerprint density at radius 2 is 1.81 bits per heavy atom. The van der Waals surface area contributed by atoms with Crippen molar-refractivity contribution >= 4 is 23.2 Å². The van der Waals surface area contributed by atoms with Crippen LogP contribution in [0.2, 0.25) is 5.02 Å². The third-order valence-electron chi connectivity index (χ3n) is 7.20. The molecule has 0 radical (unpaired) electrons. The molecule has 1 atom stereocenters. The SMILES string of the molecule is N/C(C(=O)NC1CCC1)=C1/CCCCC(Cc2cccc(Cl)c2)C1=NC1CCCCC1. The number of hydrogen-bond acceptors (Lipinski definition) is 3. The topological polar surface area (TPSA) is 67.5 Å². The van der Waals surface area contributed by atoms with Gasteiger partial charge in [-0.2, -0.15) is 0 Å². The van der Waals surface area contributed by atoms with E-state index in [1.807, 2.05) is 12.1 Å². The van der Waals surface area contributed by atoms with Gasteiger partial charge in [-0.05, 0) is 75.5 Å². The van der Waals surface area contributed by atoms with Crippen molar-refractivity contribution in [1.82, 2.24) is 5.32 Å². The zero-order valence-corrected chi connectivity index (χ0v) is 19.3. The number of aliphatic imine (C=N–C) groups is 1. The van der Waals surface area contributed by atoms with Gasteiger partial charge in [-0.15, -0.1) is 0 Å². The van der Waals surface area contributed by atoms with Crippen molar-refractivity contribution in [2.75, 3.05) is 0 Å². The van der Waals surface area contributed by atoms with Crippen LogP contribution in [0.3, 0.4) is 0 Å². The molecular formula is C26H36ClN3O. The summed E-state index contributed by atoms with van der Waals surface area (Å²) in [6.45, 7) is 0. The molecular weight excluding hydrogens is 406 g/mol. The Balaban J connectivity index is 1.65.